The molecule has 10 nitrogen and oxygen atoms in total. The smallest absolute Gasteiger partial charge is 0.407 e. The molecule has 0 aliphatic carbocycles. The predicted octanol–water partition coefficient (Wildman–Crippen LogP) is 1.98. The van der Waals surface area contributed by atoms with Crippen LogP contribution < -0.4 is 16.0 Å². The molecule has 1 aromatic carbocycles. The molecule has 32 heavy (non-hydrogen) atoms. The highest BCUT2D eigenvalue weighted by Crippen LogP contribution is 2.21. The lowest BCUT2D eigenvalue weighted by Crippen LogP contribution is -2.46. The second-order valence-corrected chi connectivity index (χ2v) is 9.31. The van der Waals surface area contributed by atoms with Crippen LogP contribution in [0.2, 0.25) is 0 Å². The molecule has 1 fully saturated rings. The molecule has 2 heterocycles. The third-order valence-electron chi connectivity index (χ3n) is 4.90. The van der Waals surface area contributed by atoms with Gasteiger partial charge in [0.15, 0.2) is 0 Å². The normalized spacial score (nSPS) is 17.0. The summed E-state index contributed by atoms with van der Waals surface area (Å²) < 4.78 is 13.6. The SMILES string of the molecule is CC(C)(C)OC(=O)NCCNC(=O)C1CCCN(CC(=O)Nc2cccc3nsnc23)C1. The van der Waals surface area contributed by atoms with Gasteiger partial charge in [0.05, 0.1) is 29.9 Å². The maximum Gasteiger partial charge on any atom is 0.407 e. The number of hydrogen-bond donors (Lipinski definition) is 3. The maximum atomic E-state index is 12.5. The summed E-state index contributed by atoms with van der Waals surface area (Å²) in [7, 11) is 0. The molecule has 0 bridgehead atoms. The molecule has 3 N–H and O–H groups in total. The van der Waals surface area contributed by atoms with E-state index in [0.717, 1.165) is 36.6 Å². The van der Waals surface area contributed by atoms with Crippen molar-refractivity contribution < 1.29 is 19.1 Å². The minimum Gasteiger partial charge on any atom is -0.444 e. The van der Waals surface area contributed by atoms with Crippen LogP contribution in [0.25, 0.3) is 11.0 Å². The van der Waals surface area contributed by atoms with Crippen molar-refractivity contribution in [3.05, 3.63) is 18.2 Å². The molecule has 11 heteroatoms. The van der Waals surface area contributed by atoms with Gasteiger partial charge in [-0.15, -0.1) is 0 Å². The Morgan fingerprint density at radius 1 is 1.19 bits per heavy atom. The minimum atomic E-state index is -0.561. The summed E-state index contributed by atoms with van der Waals surface area (Å²) in [6, 6.07) is 5.49. The second-order valence-electron chi connectivity index (χ2n) is 8.78. The van der Waals surface area contributed by atoms with Crippen LogP contribution >= 0.6 is 11.7 Å². The van der Waals surface area contributed by atoms with Gasteiger partial charge in [-0.2, -0.15) is 8.75 Å². The predicted molar refractivity (Wildman–Crippen MR) is 122 cm³/mol. The number of alkyl carbamates (subject to hydrolysis) is 1. The summed E-state index contributed by atoms with van der Waals surface area (Å²) in [6.07, 6.45) is 1.10. The number of fused-ring (bicyclic) bond motifs is 1. The first-order chi connectivity index (χ1) is 15.2. The van der Waals surface area contributed by atoms with Gasteiger partial charge in [0.1, 0.15) is 16.6 Å². The molecule has 1 atom stereocenters. The first-order valence-electron chi connectivity index (χ1n) is 10.7. The molecule has 0 radical (unpaired) electrons. The lowest BCUT2D eigenvalue weighted by molar-refractivity contribution is -0.127. The van der Waals surface area contributed by atoms with Crippen molar-refractivity contribution in [3.8, 4) is 0 Å². The third-order valence-corrected chi connectivity index (χ3v) is 5.44. The number of benzene rings is 1. The monoisotopic (exact) mass is 462 g/mol. The molecule has 3 amide bonds. The van der Waals surface area contributed by atoms with Gasteiger partial charge < -0.3 is 20.7 Å². The number of aromatic nitrogens is 2. The zero-order chi connectivity index (χ0) is 23.1. The maximum absolute atomic E-state index is 12.5. The molecule has 1 aliphatic rings. The highest BCUT2D eigenvalue weighted by molar-refractivity contribution is 7.00. The van der Waals surface area contributed by atoms with Gasteiger partial charge in [-0.3, -0.25) is 14.5 Å². The molecular weight excluding hydrogens is 432 g/mol. The Balaban J connectivity index is 1.40. The highest BCUT2D eigenvalue weighted by Gasteiger charge is 2.27. The first-order valence-corrected chi connectivity index (χ1v) is 11.4. The van der Waals surface area contributed by atoms with Crippen LogP contribution in [0.4, 0.5) is 10.5 Å². The van der Waals surface area contributed by atoms with Crippen LogP contribution in [0.5, 0.6) is 0 Å². The van der Waals surface area contributed by atoms with E-state index < -0.39 is 11.7 Å². The molecule has 1 unspecified atom stereocenters. The largest absolute Gasteiger partial charge is 0.444 e. The zero-order valence-corrected chi connectivity index (χ0v) is 19.5. The van der Waals surface area contributed by atoms with E-state index in [2.05, 4.69) is 24.7 Å². The van der Waals surface area contributed by atoms with Gasteiger partial charge >= 0.3 is 6.09 Å². The minimum absolute atomic E-state index is 0.0700. The standard InChI is InChI=1S/C21H30N6O4S/c1-21(2,3)31-20(30)23-10-9-22-19(29)14-6-5-11-27(12-14)13-17(28)24-15-7-4-8-16-18(15)26-32-25-16/h4,7-8,14H,5-6,9-13H2,1-3H3,(H,22,29)(H,23,30)(H,24,28). The molecular formula is C21H30N6O4S. The third kappa shape index (κ3) is 7.13. The summed E-state index contributed by atoms with van der Waals surface area (Å²) >= 11 is 1.11. The van der Waals surface area contributed by atoms with E-state index in [-0.39, 0.29) is 30.8 Å². The average Bonchev–Trinajstić information content (AvgIpc) is 3.20. The number of carbonyl (C=O) groups excluding carboxylic acids is 3. The molecule has 1 aromatic heterocycles. The van der Waals surface area contributed by atoms with Crippen LogP contribution in [0.15, 0.2) is 18.2 Å². The number of rotatable bonds is 7. The second kappa shape index (κ2) is 10.7. The van der Waals surface area contributed by atoms with Crippen molar-refractivity contribution in [1.29, 1.82) is 0 Å². The summed E-state index contributed by atoms with van der Waals surface area (Å²) in [5, 5.41) is 8.37. The van der Waals surface area contributed by atoms with Crippen molar-refractivity contribution in [2.75, 3.05) is 38.0 Å². The molecule has 2 aromatic rings. The lowest BCUT2D eigenvalue weighted by atomic mass is 9.97. The Labute approximate surface area is 191 Å². The number of anilines is 1. The van der Waals surface area contributed by atoms with Crippen molar-refractivity contribution >= 4 is 46.4 Å². The molecule has 0 spiro atoms. The van der Waals surface area contributed by atoms with Crippen LogP contribution in [-0.2, 0) is 14.3 Å². The van der Waals surface area contributed by atoms with E-state index in [0.29, 0.717) is 24.3 Å². The molecule has 0 saturated carbocycles. The van der Waals surface area contributed by atoms with Gasteiger partial charge in [-0.25, -0.2) is 4.79 Å². The summed E-state index contributed by atoms with van der Waals surface area (Å²) in [5.41, 5.74) is 1.52. The van der Waals surface area contributed by atoms with Gasteiger partial charge in [0.25, 0.3) is 0 Å². The fraction of sp³-hybridized carbons (Fsp3) is 0.571. The van der Waals surface area contributed by atoms with E-state index in [1.54, 1.807) is 26.8 Å². The van der Waals surface area contributed by atoms with Crippen LogP contribution in [-0.4, -0.2) is 69.9 Å². The van der Waals surface area contributed by atoms with E-state index >= 15 is 0 Å². The fourth-order valence-electron chi connectivity index (χ4n) is 3.52. The van der Waals surface area contributed by atoms with Crippen molar-refractivity contribution in [1.82, 2.24) is 24.3 Å². The average molecular weight is 463 g/mol. The van der Waals surface area contributed by atoms with Crippen molar-refractivity contribution in [3.63, 3.8) is 0 Å². The van der Waals surface area contributed by atoms with Crippen LogP contribution in [0, 0.1) is 5.92 Å². The molecule has 3 rings (SSSR count). The number of nitrogens with one attached hydrogen (secondary N) is 3. The fourth-order valence-corrected chi connectivity index (χ4v) is 4.07. The van der Waals surface area contributed by atoms with Crippen molar-refractivity contribution in [2.45, 2.75) is 39.2 Å². The Kier molecular flexibility index (Phi) is 7.97. The van der Waals surface area contributed by atoms with Crippen molar-refractivity contribution in [2.24, 2.45) is 5.92 Å². The van der Waals surface area contributed by atoms with Crippen LogP contribution in [0.3, 0.4) is 0 Å². The number of nitrogens with zero attached hydrogens (tertiary/aromatic N) is 3. The van der Waals surface area contributed by atoms with E-state index in [4.69, 9.17) is 4.74 Å². The van der Waals surface area contributed by atoms with Crippen LogP contribution in [0.1, 0.15) is 33.6 Å². The summed E-state index contributed by atoms with van der Waals surface area (Å²) in [5.74, 6) is -0.406. The van der Waals surface area contributed by atoms with E-state index in [1.807, 2.05) is 17.0 Å². The number of amides is 3. The highest BCUT2D eigenvalue weighted by atomic mass is 32.1. The number of carbonyl (C=O) groups is 3. The first kappa shape index (κ1) is 23.9. The molecule has 1 saturated heterocycles. The molecule has 174 valence electrons. The zero-order valence-electron chi connectivity index (χ0n) is 18.6. The summed E-state index contributed by atoms with van der Waals surface area (Å²) in [4.78, 5) is 38.7. The van der Waals surface area contributed by atoms with E-state index in [1.165, 1.54) is 0 Å². The number of ether oxygens (including phenoxy) is 1. The number of hydrogen-bond acceptors (Lipinski definition) is 8. The Bertz CT molecular complexity index is 957. The molecule has 1 aliphatic heterocycles. The Hall–Kier alpha value is -2.79. The number of likely N-dealkylation sites (tertiary alicyclic amines) is 1. The van der Waals surface area contributed by atoms with Gasteiger partial charge in [-0.05, 0) is 52.3 Å². The van der Waals surface area contributed by atoms with E-state index in [9.17, 15) is 14.4 Å². The Morgan fingerprint density at radius 2 is 1.97 bits per heavy atom. The topological polar surface area (TPSA) is 126 Å². The van der Waals surface area contributed by atoms with Gasteiger partial charge in [-0.1, -0.05) is 6.07 Å². The lowest BCUT2D eigenvalue weighted by Gasteiger charge is -2.31. The Morgan fingerprint density at radius 3 is 2.75 bits per heavy atom. The van der Waals surface area contributed by atoms with Gasteiger partial charge in [0, 0.05) is 19.6 Å². The summed E-state index contributed by atoms with van der Waals surface area (Å²) in [6.45, 7) is 7.47. The van der Waals surface area contributed by atoms with Gasteiger partial charge in [0.2, 0.25) is 11.8 Å². The number of piperidine rings is 1. The quantitative estimate of drug-likeness (QED) is 0.537.